The second-order valence-electron chi connectivity index (χ2n) is 5.99. The molecule has 1 aliphatic rings. The number of hydrogen-bond donors (Lipinski definition) is 3. The van der Waals surface area contributed by atoms with Gasteiger partial charge in [-0.1, -0.05) is 42.8 Å². The summed E-state index contributed by atoms with van der Waals surface area (Å²) in [6, 6.07) is 14.1. The van der Waals surface area contributed by atoms with Gasteiger partial charge in [0, 0.05) is 11.1 Å². The summed E-state index contributed by atoms with van der Waals surface area (Å²) in [6.07, 6.45) is 3.60. The highest BCUT2D eigenvalue weighted by Gasteiger charge is 2.13. The van der Waals surface area contributed by atoms with Gasteiger partial charge in [0.1, 0.15) is 0 Å². The van der Waals surface area contributed by atoms with Crippen LogP contribution in [0.5, 0.6) is 0 Å². The van der Waals surface area contributed by atoms with Crippen LogP contribution in [0.1, 0.15) is 19.3 Å². The van der Waals surface area contributed by atoms with Crippen molar-refractivity contribution < 1.29 is 4.79 Å². The molecule has 0 saturated carbocycles. The Kier molecular flexibility index (Phi) is 5.61. The summed E-state index contributed by atoms with van der Waals surface area (Å²) in [7, 11) is 0. The molecular weight excluding hydrogens is 320 g/mol. The molecule has 2 aromatic rings. The summed E-state index contributed by atoms with van der Waals surface area (Å²) >= 11 is 5.27. The zero-order chi connectivity index (χ0) is 16.8. The van der Waals surface area contributed by atoms with E-state index in [0.29, 0.717) is 11.7 Å². The van der Waals surface area contributed by atoms with Crippen LogP contribution in [0, 0.1) is 0 Å². The Balaban J connectivity index is 1.51. The molecule has 5 nitrogen and oxygen atoms in total. The highest BCUT2D eigenvalue weighted by molar-refractivity contribution is 7.80. The minimum atomic E-state index is -0.0704. The van der Waals surface area contributed by atoms with Gasteiger partial charge in [0.05, 0.1) is 6.54 Å². The van der Waals surface area contributed by atoms with E-state index >= 15 is 0 Å². The van der Waals surface area contributed by atoms with Gasteiger partial charge in [-0.2, -0.15) is 0 Å². The molecule has 1 heterocycles. The van der Waals surface area contributed by atoms with Crippen molar-refractivity contribution in [3.05, 3.63) is 42.5 Å². The topological polar surface area (TPSA) is 56.4 Å². The smallest absolute Gasteiger partial charge is 0.252 e. The molecule has 6 heteroatoms. The molecule has 1 saturated heterocycles. The van der Waals surface area contributed by atoms with Crippen LogP contribution in [0.4, 0.5) is 5.69 Å². The lowest BCUT2D eigenvalue weighted by Gasteiger charge is -2.25. The molecule has 0 spiro atoms. The fraction of sp³-hybridized carbons (Fsp3) is 0.333. The average Bonchev–Trinajstić information content (AvgIpc) is 2.61. The summed E-state index contributed by atoms with van der Waals surface area (Å²) in [5.41, 5.74) is 6.36. The predicted octanol–water partition coefficient (Wildman–Crippen LogP) is 2.64. The van der Waals surface area contributed by atoms with Gasteiger partial charge in [0.2, 0.25) is 0 Å². The standard InChI is InChI=1S/C18H22N4OS/c23-17(13-22-11-4-1-5-12-22)20-21-18(24)19-16-10-6-8-14-7-2-3-9-15(14)16/h2-3,6-10H,1,4-5,11-13H2,(H,20,23)(H2,19,21,24). The number of nitrogens with one attached hydrogen (secondary N) is 3. The summed E-state index contributed by atoms with van der Waals surface area (Å²) in [5, 5.41) is 5.73. The first-order valence-electron chi connectivity index (χ1n) is 8.28. The highest BCUT2D eigenvalue weighted by atomic mass is 32.1. The number of rotatable bonds is 3. The lowest BCUT2D eigenvalue weighted by Crippen LogP contribution is -2.48. The van der Waals surface area contributed by atoms with Gasteiger partial charge in [-0.05, 0) is 49.6 Å². The Morgan fingerprint density at radius 3 is 2.58 bits per heavy atom. The maximum atomic E-state index is 12.0. The fourth-order valence-corrected chi connectivity index (χ4v) is 3.14. The molecule has 3 N–H and O–H groups in total. The summed E-state index contributed by atoms with van der Waals surface area (Å²) in [5.74, 6) is -0.0704. The molecule has 2 aromatic carbocycles. The molecule has 1 fully saturated rings. The van der Waals surface area contributed by atoms with E-state index in [1.807, 2.05) is 30.3 Å². The van der Waals surface area contributed by atoms with Crippen molar-refractivity contribution in [3.63, 3.8) is 0 Å². The second kappa shape index (κ2) is 8.08. The van der Waals surface area contributed by atoms with Crippen LogP contribution in [-0.4, -0.2) is 35.6 Å². The van der Waals surface area contributed by atoms with Gasteiger partial charge in [-0.25, -0.2) is 0 Å². The SMILES string of the molecule is O=C(CN1CCCCC1)NNC(=S)Nc1cccc2ccccc12. The zero-order valence-electron chi connectivity index (χ0n) is 13.5. The highest BCUT2D eigenvalue weighted by Crippen LogP contribution is 2.22. The van der Waals surface area contributed by atoms with Gasteiger partial charge in [0.25, 0.3) is 5.91 Å². The number of amides is 1. The lowest BCUT2D eigenvalue weighted by molar-refractivity contribution is -0.123. The van der Waals surface area contributed by atoms with E-state index in [1.54, 1.807) is 0 Å². The number of benzene rings is 2. The van der Waals surface area contributed by atoms with Crippen LogP contribution in [0.15, 0.2) is 42.5 Å². The van der Waals surface area contributed by atoms with Gasteiger partial charge in [0.15, 0.2) is 5.11 Å². The molecule has 0 atom stereocenters. The normalized spacial score (nSPS) is 15.0. The number of anilines is 1. The van der Waals surface area contributed by atoms with E-state index in [9.17, 15) is 4.79 Å². The van der Waals surface area contributed by atoms with Crippen molar-refractivity contribution in [1.29, 1.82) is 0 Å². The third kappa shape index (κ3) is 4.43. The molecule has 1 amide bonds. The first kappa shape index (κ1) is 16.7. The Morgan fingerprint density at radius 1 is 1.00 bits per heavy atom. The predicted molar refractivity (Wildman–Crippen MR) is 102 cm³/mol. The van der Waals surface area contributed by atoms with Crippen LogP contribution < -0.4 is 16.2 Å². The van der Waals surface area contributed by atoms with Crippen molar-refractivity contribution in [3.8, 4) is 0 Å². The van der Waals surface area contributed by atoms with E-state index in [1.165, 1.54) is 19.3 Å². The van der Waals surface area contributed by atoms with Gasteiger partial charge >= 0.3 is 0 Å². The molecule has 24 heavy (non-hydrogen) atoms. The quantitative estimate of drug-likeness (QED) is 0.591. The van der Waals surface area contributed by atoms with Crippen LogP contribution in [-0.2, 0) is 4.79 Å². The minimum Gasteiger partial charge on any atom is -0.331 e. The molecule has 3 rings (SSSR count). The Morgan fingerprint density at radius 2 is 1.75 bits per heavy atom. The van der Waals surface area contributed by atoms with Crippen molar-refractivity contribution in [1.82, 2.24) is 15.8 Å². The second-order valence-corrected chi connectivity index (χ2v) is 6.40. The summed E-state index contributed by atoms with van der Waals surface area (Å²) in [4.78, 5) is 14.1. The number of hydrazine groups is 1. The number of thiocarbonyl (C=S) groups is 1. The fourth-order valence-electron chi connectivity index (χ4n) is 2.97. The Hall–Kier alpha value is -2.18. The number of carbonyl (C=O) groups is 1. The number of hydrogen-bond acceptors (Lipinski definition) is 3. The van der Waals surface area contributed by atoms with E-state index in [-0.39, 0.29) is 5.91 Å². The number of nitrogens with zero attached hydrogens (tertiary/aromatic N) is 1. The Labute approximate surface area is 147 Å². The molecule has 126 valence electrons. The van der Waals surface area contributed by atoms with Crippen molar-refractivity contribution >= 4 is 39.7 Å². The monoisotopic (exact) mass is 342 g/mol. The maximum Gasteiger partial charge on any atom is 0.252 e. The van der Waals surface area contributed by atoms with E-state index < -0.39 is 0 Å². The van der Waals surface area contributed by atoms with Gasteiger partial charge in [-0.3, -0.25) is 20.5 Å². The molecule has 0 bridgehead atoms. The molecule has 0 radical (unpaired) electrons. The summed E-state index contributed by atoms with van der Waals surface area (Å²) < 4.78 is 0. The number of likely N-dealkylation sites (tertiary alicyclic amines) is 1. The maximum absolute atomic E-state index is 12.0. The van der Waals surface area contributed by atoms with Crippen molar-refractivity contribution in [2.45, 2.75) is 19.3 Å². The first-order valence-corrected chi connectivity index (χ1v) is 8.69. The molecule has 1 aliphatic heterocycles. The average molecular weight is 342 g/mol. The zero-order valence-corrected chi connectivity index (χ0v) is 14.4. The van der Waals surface area contributed by atoms with Crippen molar-refractivity contribution in [2.24, 2.45) is 0 Å². The van der Waals surface area contributed by atoms with Crippen LogP contribution in [0.25, 0.3) is 10.8 Å². The number of piperidine rings is 1. The van der Waals surface area contributed by atoms with E-state index in [0.717, 1.165) is 29.5 Å². The van der Waals surface area contributed by atoms with Crippen LogP contribution in [0.3, 0.4) is 0 Å². The van der Waals surface area contributed by atoms with E-state index in [4.69, 9.17) is 12.2 Å². The number of fused-ring (bicyclic) bond motifs is 1. The lowest BCUT2D eigenvalue weighted by atomic mass is 10.1. The van der Waals surface area contributed by atoms with Crippen LogP contribution >= 0.6 is 12.2 Å². The van der Waals surface area contributed by atoms with E-state index in [2.05, 4.69) is 33.2 Å². The molecular formula is C18H22N4OS. The Bertz CT molecular complexity index is 723. The minimum absolute atomic E-state index is 0.0704. The largest absolute Gasteiger partial charge is 0.331 e. The first-order chi connectivity index (χ1) is 11.7. The summed E-state index contributed by atoms with van der Waals surface area (Å²) in [6.45, 7) is 2.39. The van der Waals surface area contributed by atoms with Gasteiger partial charge in [-0.15, -0.1) is 0 Å². The van der Waals surface area contributed by atoms with Gasteiger partial charge < -0.3 is 5.32 Å². The molecule has 0 aromatic heterocycles. The third-order valence-electron chi connectivity index (χ3n) is 4.17. The number of carbonyl (C=O) groups excluding carboxylic acids is 1. The van der Waals surface area contributed by atoms with Crippen LogP contribution in [0.2, 0.25) is 0 Å². The van der Waals surface area contributed by atoms with Crippen molar-refractivity contribution in [2.75, 3.05) is 25.0 Å². The molecule has 0 unspecified atom stereocenters. The third-order valence-corrected chi connectivity index (χ3v) is 4.37. The molecule has 0 aliphatic carbocycles.